The number of aliphatic hydroxyl groups is 1. The van der Waals surface area contributed by atoms with Crippen molar-refractivity contribution < 1.29 is 13.5 Å². The van der Waals surface area contributed by atoms with Gasteiger partial charge in [0.1, 0.15) is 0 Å². The lowest BCUT2D eigenvalue weighted by molar-refractivity contribution is 0.0870. The van der Waals surface area contributed by atoms with Crippen LogP contribution in [-0.4, -0.2) is 42.8 Å². The van der Waals surface area contributed by atoms with Crippen LogP contribution in [0.25, 0.3) is 0 Å². The number of nitrogens with zero attached hydrogens (tertiary/aromatic N) is 1. The van der Waals surface area contributed by atoms with E-state index in [9.17, 15) is 13.5 Å². The molecule has 0 aromatic carbocycles. The van der Waals surface area contributed by atoms with E-state index < -0.39 is 10.0 Å². The summed E-state index contributed by atoms with van der Waals surface area (Å²) in [6.07, 6.45) is 1.98. The van der Waals surface area contributed by atoms with Gasteiger partial charge in [-0.15, -0.1) is 0 Å². The van der Waals surface area contributed by atoms with E-state index in [0.29, 0.717) is 19.4 Å². The summed E-state index contributed by atoms with van der Waals surface area (Å²) in [6.45, 7) is 2.27. The van der Waals surface area contributed by atoms with Crippen LogP contribution in [-0.2, 0) is 10.0 Å². The SMILES string of the molecule is C[C@H]1C[C@@H](O)CCN1S(C)(=O)=O. The molecule has 12 heavy (non-hydrogen) atoms. The Bertz CT molecular complexity index is 249. The number of rotatable bonds is 1. The Hall–Kier alpha value is -0.130. The van der Waals surface area contributed by atoms with Crippen LogP contribution >= 0.6 is 0 Å². The summed E-state index contributed by atoms with van der Waals surface area (Å²) in [5.41, 5.74) is 0. The van der Waals surface area contributed by atoms with Gasteiger partial charge >= 0.3 is 0 Å². The molecule has 1 heterocycles. The molecule has 0 bridgehead atoms. The van der Waals surface area contributed by atoms with Gasteiger partial charge in [-0.1, -0.05) is 0 Å². The molecule has 0 radical (unpaired) electrons. The highest BCUT2D eigenvalue weighted by molar-refractivity contribution is 7.88. The molecule has 1 aliphatic rings. The van der Waals surface area contributed by atoms with Gasteiger partial charge in [0.05, 0.1) is 12.4 Å². The zero-order valence-corrected chi connectivity index (χ0v) is 8.21. The molecule has 0 amide bonds. The Balaban J connectivity index is 2.69. The number of hydrogen-bond donors (Lipinski definition) is 1. The summed E-state index contributed by atoms with van der Waals surface area (Å²) in [7, 11) is -3.08. The summed E-state index contributed by atoms with van der Waals surface area (Å²) >= 11 is 0. The average Bonchev–Trinajstić information content (AvgIpc) is 1.83. The van der Waals surface area contributed by atoms with E-state index in [4.69, 9.17) is 0 Å². The molecule has 0 unspecified atom stereocenters. The van der Waals surface area contributed by atoms with Crippen LogP contribution in [0.4, 0.5) is 0 Å². The monoisotopic (exact) mass is 193 g/mol. The lowest BCUT2D eigenvalue weighted by Gasteiger charge is -2.33. The molecule has 1 rings (SSSR count). The Morgan fingerprint density at radius 2 is 2.08 bits per heavy atom. The van der Waals surface area contributed by atoms with Gasteiger partial charge in [-0.2, -0.15) is 4.31 Å². The third-order valence-electron chi connectivity index (χ3n) is 2.21. The summed E-state index contributed by atoms with van der Waals surface area (Å²) in [5, 5.41) is 9.24. The molecule has 1 N–H and O–H groups in total. The van der Waals surface area contributed by atoms with Gasteiger partial charge in [0.25, 0.3) is 0 Å². The topological polar surface area (TPSA) is 57.6 Å². The fourth-order valence-corrected chi connectivity index (χ4v) is 2.80. The molecule has 72 valence electrons. The fraction of sp³-hybridized carbons (Fsp3) is 1.00. The van der Waals surface area contributed by atoms with Crippen molar-refractivity contribution in [3.05, 3.63) is 0 Å². The molecule has 5 heteroatoms. The van der Waals surface area contributed by atoms with Crippen molar-refractivity contribution in [3.63, 3.8) is 0 Å². The molecule has 0 aromatic rings. The number of sulfonamides is 1. The van der Waals surface area contributed by atoms with Gasteiger partial charge in [-0.05, 0) is 19.8 Å². The Labute approximate surface area is 73.2 Å². The molecule has 0 aliphatic carbocycles. The molecule has 0 saturated carbocycles. The first-order valence-electron chi connectivity index (χ1n) is 4.06. The highest BCUT2D eigenvalue weighted by Gasteiger charge is 2.29. The Kier molecular flexibility index (Phi) is 2.75. The predicted octanol–water partition coefficient (Wildman–Crippen LogP) is -0.209. The van der Waals surface area contributed by atoms with Crippen LogP contribution in [0, 0.1) is 0 Å². The van der Waals surface area contributed by atoms with Gasteiger partial charge in [0.2, 0.25) is 10.0 Å². The second-order valence-electron chi connectivity index (χ2n) is 3.40. The van der Waals surface area contributed by atoms with Gasteiger partial charge in [0.15, 0.2) is 0 Å². The smallest absolute Gasteiger partial charge is 0.211 e. The van der Waals surface area contributed by atoms with Crippen molar-refractivity contribution in [1.82, 2.24) is 4.31 Å². The van der Waals surface area contributed by atoms with Crippen molar-refractivity contribution in [2.24, 2.45) is 0 Å². The van der Waals surface area contributed by atoms with Crippen LogP contribution in [0.15, 0.2) is 0 Å². The van der Waals surface area contributed by atoms with Crippen LogP contribution in [0.3, 0.4) is 0 Å². The van der Waals surface area contributed by atoms with Crippen molar-refractivity contribution in [3.8, 4) is 0 Å². The molecule has 1 saturated heterocycles. The molecule has 0 aromatic heterocycles. The fourth-order valence-electron chi connectivity index (χ4n) is 1.62. The number of piperidine rings is 1. The summed E-state index contributed by atoms with van der Waals surface area (Å²) in [5.74, 6) is 0. The van der Waals surface area contributed by atoms with E-state index in [-0.39, 0.29) is 12.1 Å². The molecular formula is C7H15NO3S. The zero-order valence-electron chi connectivity index (χ0n) is 7.40. The van der Waals surface area contributed by atoms with Crippen molar-refractivity contribution in [2.45, 2.75) is 31.9 Å². The number of hydrogen-bond acceptors (Lipinski definition) is 3. The van der Waals surface area contributed by atoms with E-state index in [2.05, 4.69) is 0 Å². The molecule has 4 nitrogen and oxygen atoms in total. The summed E-state index contributed by atoms with van der Waals surface area (Å²) < 4.78 is 23.7. The second kappa shape index (κ2) is 3.32. The maximum Gasteiger partial charge on any atom is 0.211 e. The molecule has 1 fully saturated rings. The van der Waals surface area contributed by atoms with Gasteiger partial charge < -0.3 is 5.11 Å². The normalized spacial score (nSPS) is 33.6. The van der Waals surface area contributed by atoms with Crippen molar-refractivity contribution >= 4 is 10.0 Å². The largest absolute Gasteiger partial charge is 0.393 e. The minimum Gasteiger partial charge on any atom is -0.393 e. The summed E-state index contributed by atoms with van der Waals surface area (Å²) in [6, 6.07) is -0.0660. The van der Waals surface area contributed by atoms with E-state index in [0.717, 1.165) is 0 Å². The van der Waals surface area contributed by atoms with Gasteiger partial charge in [-0.25, -0.2) is 8.42 Å². The standard InChI is InChI=1S/C7H15NO3S/c1-6-5-7(9)3-4-8(6)12(2,10)11/h6-7,9H,3-5H2,1-2H3/t6-,7-/m0/s1. The lowest BCUT2D eigenvalue weighted by Crippen LogP contribution is -2.45. The minimum atomic E-state index is -3.08. The highest BCUT2D eigenvalue weighted by atomic mass is 32.2. The van der Waals surface area contributed by atoms with E-state index >= 15 is 0 Å². The average molecular weight is 193 g/mol. The Morgan fingerprint density at radius 1 is 1.50 bits per heavy atom. The first-order chi connectivity index (χ1) is 5.41. The van der Waals surface area contributed by atoms with Gasteiger partial charge in [-0.3, -0.25) is 0 Å². The van der Waals surface area contributed by atoms with Crippen LogP contribution in [0.5, 0.6) is 0 Å². The highest BCUT2D eigenvalue weighted by Crippen LogP contribution is 2.19. The van der Waals surface area contributed by atoms with Crippen LogP contribution in [0.2, 0.25) is 0 Å². The van der Waals surface area contributed by atoms with Crippen LogP contribution in [0.1, 0.15) is 19.8 Å². The number of aliphatic hydroxyl groups excluding tert-OH is 1. The van der Waals surface area contributed by atoms with E-state index in [1.54, 1.807) is 0 Å². The maximum atomic E-state index is 11.1. The Morgan fingerprint density at radius 3 is 2.50 bits per heavy atom. The molecular weight excluding hydrogens is 178 g/mol. The first kappa shape index (κ1) is 9.95. The molecule has 1 aliphatic heterocycles. The first-order valence-corrected chi connectivity index (χ1v) is 5.91. The maximum absolute atomic E-state index is 11.1. The predicted molar refractivity (Wildman–Crippen MR) is 46.3 cm³/mol. The van der Waals surface area contributed by atoms with E-state index in [1.165, 1.54) is 10.6 Å². The van der Waals surface area contributed by atoms with Crippen LogP contribution < -0.4 is 0 Å². The minimum absolute atomic E-state index is 0.0660. The van der Waals surface area contributed by atoms with Crippen molar-refractivity contribution in [2.75, 3.05) is 12.8 Å². The molecule has 0 spiro atoms. The quantitative estimate of drug-likeness (QED) is 0.627. The lowest BCUT2D eigenvalue weighted by atomic mass is 10.0. The zero-order chi connectivity index (χ0) is 9.35. The third-order valence-corrected chi connectivity index (χ3v) is 3.61. The third kappa shape index (κ3) is 2.18. The van der Waals surface area contributed by atoms with E-state index in [1.807, 2.05) is 6.92 Å². The summed E-state index contributed by atoms with van der Waals surface area (Å²) in [4.78, 5) is 0. The van der Waals surface area contributed by atoms with Crippen molar-refractivity contribution in [1.29, 1.82) is 0 Å². The second-order valence-corrected chi connectivity index (χ2v) is 5.34. The molecule has 2 atom stereocenters. The van der Waals surface area contributed by atoms with Gasteiger partial charge in [0, 0.05) is 12.6 Å².